The lowest BCUT2D eigenvalue weighted by Crippen LogP contribution is -2.31. The van der Waals surface area contributed by atoms with Crippen molar-refractivity contribution in [1.29, 1.82) is 0 Å². The summed E-state index contributed by atoms with van der Waals surface area (Å²) < 4.78 is 0. The van der Waals surface area contributed by atoms with Crippen LogP contribution in [0.25, 0.3) is 22.3 Å². The SMILES string of the molecule is CSc1cccc2[nH]c([C@@H]3CCCN3C(=O)c3cncnc3-c3ccc(C)cc3)nc12. The molecule has 0 radical (unpaired) electrons. The molecule has 6 nitrogen and oxygen atoms in total. The van der Waals surface area contributed by atoms with Crippen LogP contribution in [0.5, 0.6) is 0 Å². The van der Waals surface area contributed by atoms with Crippen molar-refractivity contribution >= 4 is 28.7 Å². The Morgan fingerprint density at radius 1 is 1.19 bits per heavy atom. The van der Waals surface area contributed by atoms with Crippen molar-refractivity contribution in [3.8, 4) is 11.3 Å². The summed E-state index contributed by atoms with van der Waals surface area (Å²) in [7, 11) is 0. The van der Waals surface area contributed by atoms with Crippen molar-refractivity contribution in [2.24, 2.45) is 0 Å². The number of H-pyrrole nitrogens is 1. The molecular weight excluding hydrogens is 406 g/mol. The Kier molecular flexibility index (Phi) is 5.19. The van der Waals surface area contributed by atoms with Crippen LogP contribution in [0.15, 0.2) is 59.9 Å². The predicted octanol–water partition coefficient (Wildman–Crippen LogP) is 5.03. The summed E-state index contributed by atoms with van der Waals surface area (Å²) in [6.45, 7) is 2.73. The molecule has 1 amide bonds. The molecule has 0 saturated carbocycles. The largest absolute Gasteiger partial charge is 0.340 e. The maximum Gasteiger partial charge on any atom is 0.258 e. The monoisotopic (exact) mass is 429 g/mol. The van der Waals surface area contributed by atoms with E-state index in [-0.39, 0.29) is 11.9 Å². The Morgan fingerprint density at radius 2 is 2.03 bits per heavy atom. The highest BCUT2D eigenvalue weighted by atomic mass is 32.2. The van der Waals surface area contributed by atoms with Gasteiger partial charge in [-0.25, -0.2) is 15.0 Å². The number of benzene rings is 2. The number of nitrogens with one attached hydrogen (secondary N) is 1. The quantitative estimate of drug-likeness (QED) is 0.461. The molecule has 1 fully saturated rings. The molecule has 3 heterocycles. The number of aromatic amines is 1. The van der Waals surface area contributed by atoms with Gasteiger partial charge in [-0.1, -0.05) is 35.9 Å². The lowest BCUT2D eigenvalue weighted by atomic mass is 10.0. The zero-order chi connectivity index (χ0) is 21.4. The fourth-order valence-electron chi connectivity index (χ4n) is 4.22. The summed E-state index contributed by atoms with van der Waals surface area (Å²) in [6.07, 6.45) is 7.00. The van der Waals surface area contributed by atoms with Gasteiger partial charge in [-0.05, 0) is 38.2 Å². The second-order valence-electron chi connectivity index (χ2n) is 7.79. The van der Waals surface area contributed by atoms with Crippen LogP contribution >= 0.6 is 11.8 Å². The van der Waals surface area contributed by atoms with E-state index in [0.717, 1.165) is 40.2 Å². The Balaban J connectivity index is 1.51. The van der Waals surface area contributed by atoms with Gasteiger partial charge in [-0.15, -0.1) is 11.8 Å². The van der Waals surface area contributed by atoms with Gasteiger partial charge in [0, 0.05) is 23.2 Å². The molecule has 1 N–H and O–H groups in total. The van der Waals surface area contributed by atoms with Gasteiger partial charge >= 0.3 is 0 Å². The van der Waals surface area contributed by atoms with Crippen LogP contribution in [-0.4, -0.2) is 43.5 Å². The van der Waals surface area contributed by atoms with Crippen molar-refractivity contribution in [3.05, 3.63) is 71.9 Å². The van der Waals surface area contributed by atoms with E-state index in [1.54, 1.807) is 18.0 Å². The third-order valence-corrected chi connectivity index (χ3v) is 6.58. The van der Waals surface area contributed by atoms with Crippen molar-refractivity contribution in [3.63, 3.8) is 0 Å². The van der Waals surface area contributed by atoms with Crippen LogP contribution in [0, 0.1) is 6.92 Å². The zero-order valence-corrected chi connectivity index (χ0v) is 18.3. The first-order valence-corrected chi connectivity index (χ1v) is 11.6. The second kappa shape index (κ2) is 8.15. The molecule has 4 aromatic rings. The van der Waals surface area contributed by atoms with Gasteiger partial charge in [0.2, 0.25) is 0 Å². The molecular formula is C24H23N5OS. The second-order valence-corrected chi connectivity index (χ2v) is 8.63. The number of carbonyl (C=O) groups excluding carboxylic acids is 1. The Labute approximate surface area is 185 Å². The molecule has 7 heteroatoms. The van der Waals surface area contributed by atoms with Crippen molar-refractivity contribution in [2.45, 2.75) is 30.7 Å². The molecule has 31 heavy (non-hydrogen) atoms. The fourth-order valence-corrected chi connectivity index (χ4v) is 4.79. The average molecular weight is 430 g/mol. The number of aromatic nitrogens is 4. The minimum Gasteiger partial charge on any atom is -0.340 e. The van der Waals surface area contributed by atoms with Gasteiger partial charge < -0.3 is 9.88 Å². The van der Waals surface area contributed by atoms with Crippen LogP contribution < -0.4 is 0 Å². The smallest absolute Gasteiger partial charge is 0.258 e. The molecule has 1 aliphatic rings. The van der Waals surface area contributed by atoms with Crippen LogP contribution in [0.4, 0.5) is 0 Å². The van der Waals surface area contributed by atoms with Crippen molar-refractivity contribution in [2.75, 3.05) is 12.8 Å². The van der Waals surface area contributed by atoms with E-state index in [4.69, 9.17) is 4.98 Å². The highest BCUT2D eigenvalue weighted by molar-refractivity contribution is 7.98. The first kappa shape index (κ1) is 19.8. The van der Waals surface area contributed by atoms with E-state index >= 15 is 0 Å². The summed E-state index contributed by atoms with van der Waals surface area (Å²) in [5, 5.41) is 0. The molecule has 156 valence electrons. The number of carbonyl (C=O) groups is 1. The van der Waals surface area contributed by atoms with Gasteiger partial charge in [0.05, 0.1) is 22.8 Å². The van der Waals surface area contributed by atoms with E-state index in [1.165, 1.54) is 11.9 Å². The number of para-hydroxylation sites is 1. The normalized spacial score (nSPS) is 16.2. The molecule has 1 atom stereocenters. The summed E-state index contributed by atoms with van der Waals surface area (Å²) in [6, 6.07) is 14.1. The fraction of sp³-hybridized carbons (Fsp3) is 0.250. The third-order valence-electron chi connectivity index (χ3n) is 5.81. The van der Waals surface area contributed by atoms with Crippen LogP contribution in [0.3, 0.4) is 0 Å². The number of aryl methyl sites for hydroxylation is 1. The van der Waals surface area contributed by atoms with E-state index < -0.39 is 0 Å². The maximum absolute atomic E-state index is 13.6. The molecule has 1 saturated heterocycles. The zero-order valence-electron chi connectivity index (χ0n) is 17.5. The molecule has 0 spiro atoms. The van der Waals surface area contributed by atoms with E-state index in [2.05, 4.69) is 27.3 Å². The van der Waals surface area contributed by atoms with Gasteiger partial charge in [0.25, 0.3) is 5.91 Å². The minimum atomic E-state index is -0.0827. The number of fused-ring (bicyclic) bond motifs is 1. The van der Waals surface area contributed by atoms with Gasteiger partial charge in [0.15, 0.2) is 0 Å². The van der Waals surface area contributed by atoms with Crippen molar-refractivity contribution in [1.82, 2.24) is 24.8 Å². The summed E-state index contributed by atoms with van der Waals surface area (Å²) in [5.41, 5.74) is 5.25. The molecule has 1 aliphatic heterocycles. The Morgan fingerprint density at radius 3 is 2.84 bits per heavy atom. The summed E-state index contributed by atoms with van der Waals surface area (Å²) in [4.78, 5) is 33.6. The number of hydrogen-bond donors (Lipinski definition) is 1. The Hall–Kier alpha value is -3.19. The number of thioether (sulfide) groups is 1. The van der Waals surface area contributed by atoms with Crippen LogP contribution in [-0.2, 0) is 0 Å². The molecule has 0 aliphatic carbocycles. The third kappa shape index (κ3) is 3.59. The standard InChI is InChI=1S/C24H23N5OS/c1-15-8-10-16(11-9-15)21-17(13-25-14-26-21)24(30)29-12-4-6-19(29)23-27-18-5-3-7-20(31-2)22(18)28-23/h3,5,7-11,13-14,19H,4,6,12H2,1-2H3,(H,27,28)/t19-/m0/s1. The summed E-state index contributed by atoms with van der Waals surface area (Å²) >= 11 is 1.68. The highest BCUT2D eigenvalue weighted by Crippen LogP contribution is 2.35. The number of hydrogen-bond acceptors (Lipinski definition) is 5. The highest BCUT2D eigenvalue weighted by Gasteiger charge is 2.34. The number of rotatable bonds is 4. The first-order valence-electron chi connectivity index (χ1n) is 10.4. The lowest BCUT2D eigenvalue weighted by Gasteiger charge is -2.24. The molecule has 2 aromatic heterocycles. The average Bonchev–Trinajstić information content (AvgIpc) is 3.46. The molecule has 2 aromatic carbocycles. The predicted molar refractivity (Wildman–Crippen MR) is 123 cm³/mol. The lowest BCUT2D eigenvalue weighted by molar-refractivity contribution is 0.0730. The van der Waals surface area contributed by atoms with E-state index in [1.807, 2.05) is 48.2 Å². The van der Waals surface area contributed by atoms with Crippen LogP contribution in [0.2, 0.25) is 0 Å². The van der Waals surface area contributed by atoms with E-state index in [9.17, 15) is 4.79 Å². The maximum atomic E-state index is 13.6. The summed E-state index contributed by atoms with van der Waals surface area (Å²) in [5.74, 6) is 0.792. The van der Waals surface area contributed by atoms with Crippen LogP contribution in [0.1, 0.15) is 40.6 Å². The number of nitrogens with zero attached hydrogens (tertiary/aromatic N) is 4. The number of amides is 1. The van der Waals surface area contributed by atoms with Gasteiger partial charge in [-0.3, -0.25) is 4.79 Å². The number of imidazole rings is 1. The van der Waals surface area contributed by atoms with Crippen molar-refractivity contribution < 1.29 is 4.79 Å². The van der Waals surface area contributed by atoms with Gasteiger partial charge in [0.1, 0.15) is 17.7 Å². The molecule has 5 rings (SSSR count). The molecule has 0 bridgehead atoms. The first-order chi connectivity index (χ1) is 15.2. The van der Waals surface area contributed by atoms with E-state index in [0.29, 0.717) is 17.8 Å². The van der Waals surface area contributed by atoms with Gasteiger partial charge in [-0.2, -0.15) is 0 Å². The molecule has 0 unspecified atom stereocenters. The Bertz CT molecular complexity index is 1250. The number of likely N-dealkylation sites (tertiary alicyclic amines) is 1. The topological polar surface area (TPSA) is 74.8 Å². The minimum absolute atomic E-state index is 0.0516.